The molecule has 1 N–H and O–H groups in total. The van der Waals surface area contributed by atoms with Gasteiger partial charge in [0.1, 0.15) is 0 Å². The summed E-state index contributed by atoms with van der Waals surface area (Å²) < 4.78 is 0. The first kappa shape index (κ1) is 12.2. The maximum absolute atomic E-state index is 3.75. The Hall–Kier alpha value is -1.60. The van der Waals surface area contributed by atoms with Gasteiger partial charge in [-0.2, -0.15) is 0 Å². The molecule has 3 atom stereocenters. The topological polar surface area (TPSA) is 12.0 Å². The molecule has 2 aromatic rings. The van der Waals surface area contributed by atoms with Crippen molar-refractivity contribution in [2.45, 2.75) is 31.7 Å². The second-order valence-electron chi connectivity index (χ2n) is 6.26. The van der Waals surface area contributed by atoms with E-state index in [0.29, 0.717) is 12.0 Å². The van der Waals surface area contributed by atoms with E-state index in [1.165, 1.54) is 29.5 Å². The second kappa shape index (κ2) is 4.75. The Balaban J connectivity index is 1.83. The van der Waals surface area contributed by atoms with Gasteiger partial charge in [-0.25, -0.2) is 0 Å². The summed E-state index contributed by atoms with van der Waals surface area (Å²) in [6.45, 7) is 3.33. The van der Waals surface area contributed by atoms with Crippen LogP contribution in [0.3, 0.4) is 0 Å². The average Bonchev–Trinajstić information content (AvgIpc) is 2.83. The van der Waals surface area contributed by atoms with Crippen LogP contribution in [0.5, 0.6) is 0 Å². The zero-order chi connectivity index (χ0) is 13.5. The Morgan fingerprint density at radius 3 is 2.50 bits per heavy atom. The van der Waals surface area contributed by atoms with Crippen molar-refractivity contribution in [3.63, 3.8) is 0 Å². The van der Waals surface area contributed by atoms with Crippen LogP contribution in [0.1, 0.15) is 47.1 Å². The monoisotopic (exact) mass is 263 g/mol. The molecule has 1 aliphatic heterocycles. The molecule has 0 spiro atoms. The maximum atomic E-state index is 3.75. The first-order chi connectivity index (χ1) is 9.84. The molecule has 1 saturated heterocycles. The molecule has 2 aromatic carbocycles. The van der Waals surface area contributed by atoms with Gasteiger partial charge in [-0.15, -0.1) is 0 Å². The van der Waals surface area contributed by atoms with Crippen molar-refractivity contribution in [1.29, 1.82) is 0 Å². The predicted molar refractivity (Wildman–Crippen MR) is 82.9 cm³/mol. The van der Waals surface area contributed by atoms with E-state index in [0.717, 1.165) is 12.5 Å². The highest BCUT2D eigenvalue weighted by atomic mass is 14.9. The molecule has 0 unspecified atom stereocenters. The number of hydrogen-bond donors (Lipinski definition) is 1. The van der Waals surface area contributed by atoms with E-state index in [1.807, 2.05) is 0 Å². The minimum Gasteiger partial charge on any atom is -0.310 e. The van der Waals surface area contributed by atoms with Crippen LogP contribution in [-0.4, -0.2) is 6.54 Å². The molecule has 1 nitrogen and oxygen atoms in total. The van der Waals surface area contributed by atoms with E-state index in [4.69, 9.17) is 0 Å². The Bertz CT molecular complexity index is 614. The third-order valence-electron chi connectivity index (χ3n) is 5.04. The van der Waals surface area contributed by atoms with Gasteiger partial charge in [-0.1, -0.05) is 54.1 Å². The second-order valence-corrected chi connectivity index (χ2v) is 6.26. The molecule has 0 bridgehead atoms. The standard InChI is InChI=1S/C19H21N/c1-13-8-10-14(11-9-13)18-15-5-2-3-6-16(15)19-17(18)7-4-12-20-19/h2-3,5-6,8-11,17-20H,4,7,12H2,1H3/t17-,18+,19+/m1/s1. The highest BCUT2D eigenvalue weighted by Crippen LogP contribution is 2.51. The van der Waals surface area contributed by atoms with Gasteiger partial charge in [0.05, 0.1) is 0 Å². The zero-order valence-electron chi connectivity index (χ0n) is 12.0. The minimum atomic E-state index is 0.561. The number of piperidine rings is 1. The lowest BCUT2D eigenvalue weighted by atomic mass is 9.80. The van der Waals surface area contributed by atoms with Gasteiger partial charge < -0.3 is 5.32 Å². The fourth-order valence-electron chi connectivity index (χ4n) is 4.12. The van der Waals surface area contributed by atoms with Crippen molar-refractivity contribution in [1.82, 2.24) is 5.32 Å². The van der Waals surface area contributed by atoms with E-state index in [-0.39, 0.29) is 0 Å². The Kier molecular flexibility index (Phi) is 2.89. The van der Waals surface area contributed by atoms with E-state index in [9.17, 15) is 0 Å². The number of aryl methyl sites for hydroxylation is 1. The Morgan fingerprint density at radius 2 is 1.70 bits per heavy atom. The van der Waals surface area contributed by atoms with Crippen LogP contribution >= 0.6 is 0 Å². The molecular formula is C19H21N. The molecule has 2 aliphatic rings. The number of hydrogen-bond acceptors (Lipinski definition) is 1. The van der Waals surface area contributed by atoms with E-state index >= 15 is 0 Å². The Morgan fingerprint density at radius 1 is 0.950 bits per heavy atom. The first-order valence-electron chi connectivity index (χ1n) is 7.73. The molecular weight excluding hydrogens is 242 g/mol. The lowest BCUT2D eigenvalue weighted by Crippen LogP contribution is -2.32. The van der Waals surface area contributed by atoms with Crippen LogP contribution in [0.25, 0.3) is 0 Å². The number of nitrogens with one attached hydrogen (secondary N) is 1. The summed E-state index contributed by atoms with van der Waals surface area (Å²) in [7, 11) is 0. The highest BCUT2D eigenvalue weighted by molar-refractivity contribution is 5.46. The van der Waals surface area contributed by atoms with Gasteiger partial charge in [0.25, 0.3) is 0 Å². The maximum Gasteiger partial charge on any atom is 0.0360 e. The van der Waals surface area contributed by atoms with Crippen molar-refractivity contribution >= 4 is 0 Å². The highest BCUT2D eigenvalue weighted by Gasteiger charge is 2.41. The molecule has 102 valence electrons. The van der Waals surface area contributed by atoms with Crippen LogP contribution in [-0.2, 0) is 0 Å². The van der Waals surface area contributed by atoms with E-state index < -0.39 is 0 Å². The van der Waals surface area contributed by atoms with Gasteiger partial charge in [-0.3, -0.25) is 0 Å². The number of rotatable bonds is 1. The minimum absolute atomic E-state index is 0.561. The normalized spacial score (nSPS) is 27.9. The summed E-state index contributed by atoms with van der Waals surface area (Å²) in [6.07, 6.45) is 2.64. The first-order valence-corrected chi connectivity index (χ1v) is 7.73. The third-order valence-corrected chi connectivity index (χ3v) is 5.04. The van der Waals surface area contributed by atoms with Crippen LogP contribution in [0.2, 0.25) is 0 Å². The molecule has 0 aromatic heterocycles. The molecule has 0 radical (unpaired) electrons. The number of benzene rings is 2. The average molecular weight is 263 g/mol. The summed E-state index contributed by atoms with van der Waals surface area (Å²) >= 11 is 0. The van der Waals surface area contributed by atoms with Gasteiger partial charge in [0.2, 0.25) is 0 Å². The van der Waals surface area contributed by atoms with Crippen molar-refractivity contribution in [3.05, 3.63) is 70.8 Å². The Labute approximate surface area is 121 Å². The van der Waals surface area contributed by atoms with Gasteiger partial charge in [-0.05, 0) is 48.9 Å². The zero-order valence-corrected chi connectivity index (χ0v) is 12.0. The summed E-state index contributed by atoms with van der Waals surface area (Å²) in [5.41, 5.74) is 5.90. The van der Waals surface area contributed by atoms with Crippen molar-refractivity contribution in [2.24, 2.45) is 5.92 Å². The quantitative estimate of drug-likeness (QED) is 0.814. The SMILES string of the molecule is Cc1ccc([C@H]2c3ccccc3[C@@H]3NCCC[C@H]23)cc1. The summed E-state index contributed by atoms with van der Waals surface area (Å²) in [5, 5.41) is 3.75. The van der Waals surface area contributed by atoms with Crippen LogP contribution in [0.4, 0.5) is 0 Å². The number of fused-ring (bicyclic) bond motifs is 3. The summed E-state index contributed by atoms with van der Waals surface area (Å²) in [5.74, 6) is 1.30. The molecule has 1 heteroatoms. The van der Waals surface area contributed by atoms with Gasteiger partial charge >= 0.3 is 0 Å². The lowest BCUT2D eigenvalue weighted by molar-refractivity contribution is 0.287. The molecule has 1 aliphatic carbocycles. The third kappa shape index (κ3) is 1.81. The largest absolute Gasteiger partial charge is 0.310 e. The van der Waals surface area contributed by atoms with Gasteiger partial charge in [0, 0.05) is 12.0 Å². The molecule has 4 rings (SSSR count). The molecule has 0 amide bonds. The molecule has 0 saturated carbocycles. The van der Waals surface area contributed by atoms with Gasteiger partial charge in [0.15, 0.2) is 0 Å². The summed E-state index contributed by atoms with van der Waals surface area (Å²) in [6, 6.07) is 18.7. The molecule has 20 heavy (non-hydrogen) atoms. The lowest BCUT2D eigenvalue weighted by Gasteiger charge is -2.31. The van der Waals surface area contributed by atoms with Crippen molar-refractivity contribution in [3.8, 4) is 0 Å². The fourth-order valence-corrected chi connectivity index (χ4v) is 4.12. The van der Waals surface area contributed by atoms with E-state index in [2.05, 4.69) is 60.8 Å². The van der Waals surface area contributed by atoms with Crippen molar-refractivity contribution < 1.29 is 0 Å². The predicted octanol–water partition coefficient (Wildman–Crippen LogP) is 4.18. The van der Waals surface area contributed by atoms with Crippen molar-refractivity contribution in [2.75, 3.05) is 6.54 Å². The molecule has 1 heterocycles. The van der Waals surface area contributed by atoms with Crippen LogP contribution in [0.15, 0.2) is 48.5 Å². The van der Waals surface area contributed by atoms with Crippen LogP contribution in [0, 0.1) is 12.8 Å². The smallest absolute Gasteiger partial charge is 0.0360 e. The fraction of sp³-hybridized carbons (Fsp3) is 0.368. The summed E-state index contributed by atoms with van der Waals surface area (Å²) in [4.78, 5) is 0. The molecule has 1 fully saturated rings. The van der Waals surface area contributed by atoms with Crippen LogP contribution < -0.4 is 5.32 Å². The van der Waals surface area contributed by atoms with E-state index in [1.54, 1.807) is 5.56 Å².